The number of pyridine rings is 1. The van der Waals surface area contributed by atoms with Crippen molar-refractivity contribution in [2.45, 2.75) is 6.42 Å². The molecule has 2 rings (SSSR count). The van der Waals surface area contributed by atoms with Crippen molar-refractivity contribution in [3.8, 4) is 6.07 Å². The monoisotopic (exact) mass is 254 g/mol. The number of carbonyl (C=O) groups excluding carboxylic acids is 1. The Balaban J connectivity index is 2.00. The second-order valence-electron chi connectivity index (χ2n) is 4.19. The van der Waals surface area contributed by atoms with Crippen LogP contribution in [0.2, 0.25) is 0 Å². The SMILES string of the molecule is CN(CCc1ccc[nH]1)C(=O)c1cccc(C#N)n1. The molecule has 0 unspecified atom stereocenters. The highest BCUT2D eigenvalue weighted by Gasteiger charge is 2.13. The van der Waals surface area contributed by atoms with Crippen LogP contribution in [0, 0.1) is 11.3 Å². The zero-order chi connectivity index (χ0) is 13.7. The number of aromatic nitrogens is 2. The molecular weight excluding hydrogens is 240 g/mol. The van der Waals surface area contributed by atoms with Gasteiger partial charge in [-0.15, -0.1) is 0 Å². The molecule has 0 radical (unpaired) electrons. The number of nitriles is 1. The number of nitrogens with zero attached hydrogens (tertiary/aromatic N) is 3. The van der Waals surface area contributed by atoms with Crippen LogP contribution in [0.3, 0.4) is 0 Å². The largest absolute Gasteiger partial charge is 0.365 e. The molecule has 2 aromatic heterocycles. The summed E-state index contributed by atoms with van der Waals surface area (Å²) in [5.41, 5.74) is 1.63. The first-order valence-electron chi connectivity index (χ1n) is 5.95. The summed E-state index contributed by atoms with van der Waals surface area (Å²) in [6.45, 7) is 0.595. The van der Waals surface area contributed by atoms with E-state index in [0.29, 0.717) is 12.2 Å². The molecule has 0 fully saturated rings. The Morgan fingerprint density at radius 2 is 2.26 bits per heavy atom. The number of H-pyrrole nitrogens is 1. The summed E-state index contributed by atoms with van der Waals surface area (Å²) in [4.78, 5) is 20.8. The van der Waals surface area contributed by atoms with Gasteiger partial charge in [-0.2, -0.15) is 5.26 Å². The number of nitrogens with one attached hydrogen (secondary N) is 1. The molecule has 0 bridgehead atoms. The maximum atomic E-state index is 12.1. The molecule has 0 aliphatic carbocycles. The van der Waals surface area contributed by atoms with E-state index in [1.807, 2.05) is 24.4 Å². The zero-order valence-corrected chi connectivity index (χ0v) is 10.6. The van der Waals surface area contributed by atoms with Crippen molar-refractivity contribution in [3.05, 3.63) is 53.6 Å². The molecule has 0 aromatic carbocycles. The molecule has 5 heteroatoms. The van der Waals surface area contributed by atoms with Gasteiger partial charge in [0.25, 0.3) is 5.91 Å². The van der Waals surface area contributed by atoms with E-state index in [0.717, 1.165) is 12.1 Å². The van der Waals surface area contributed by atoms with Gasteiger partial charge >= 0.3 is 0 Å². The third kappa shape index (κ3) is 3.19. The lowest BCUT2D eigenvalue weighted by Gasteiger charge is -2.16. The smallest absolute Gasteiger partial charge is 0.272 e. The number of amides is 1. The van der Waals surface area contributed by atoms with Gasteiger partial charge in [-0.1, -0.05) is 6.07 Å². The fourth-order valence-electron chi connectivity index (χ4n) is 1.72. The lowest BCUT2D eigenvalue weighted by Crippen LogP contribution is -2.29. The lowest BCUT2D eigenvalue weighted by molar-refractivity contribution is 0.0790. The van der Waals surface area contributed by atoms with Crippen molar-refractivity contribution < 1.29 is 4.79 Å². The standard InChI is InChI=1S/C14H14N4O/c1-18(9-7-11-5-3-8-16-11)14(19)13-6-2-4-12(10-15)17-13/h2-6,8,16H,7,9H2,1H3. The maximum absolute atomic E-state index is 12.1. The first-order chi connectivity index (χ1) is 9.20. The number of hydrogen-bond acceptors (Lipinski definition) is 3. The highest BCUT2D eigenvalue weighted by molar-refractivity contribution is 5.92. The third-order valence-corrected chi connectivity index (χ3v) is 2.81. The highest BCUT2D eigenvalue weighted by atomic mass is 16.2. The molecule has 0 saturated carbocycles. The molecule has 5 nitrogen and oxygen atoms in total. The normalized spacial score (nSPS) is 9.89. The molecule has 0 aliphatic rings. The summed E-state index contributed by atoms with van der Waals surface area (Å²) < 4.78 is 0. The molecule has 0 atom stereocenters. The van der Waals surface area contributed by atoms with E-state index in [4.69, 9.17) is 5.26 Å². The van der Waals surface area contributed by atoms with Crippen molar-refractivity contribution >= 4 is 5.91 Å². The molecule has 1 N–H and O–H groups in total. The number of likely N-dealkylation sites (N-methyl/N-ethyl adjacent to an activating group) is 1. The number of aromatic amines is 1. The van der Waals surface area contributed by atoms with Gasteiger partial charge in [0.1, 0.15) is 17.5 Å². The molecule has 0 saturated heterocycles. The Bertz CT molecular complexity index is 598. The summed E-state index contributed by atoms with van der Waals surface area (Å²) in [7, 11) is 1.73. The van der Waals surface area contributed by atoms with Gasteiger partial charge in [0, 0.05) is 31.9 Å². The van der Waals surface area contributed by atoms with Gasteiger partial charge in [0.15, 0.2) is 0 Å². The van der Waals surface area contributed by atoms with Gasteiger partial charge in [0.05, 0.1) is 0 Å². The van der Waals surface area contributed by atoms with Crippen molar-refractivity contribution in [1.29, 1.82) is 5.26 Å². The zero-order valence-electron chi connectivity index (χ0n) is 10.6. The van der Waals surface area contributed by atoms with E-state index in [-0.39, 0.29) is 11.6 Å². The van der Waals surface area contributed by atoms with Gasteiger partial charge in [0.2, 0.25) is 0 Å². The molecule has 1 amide bonds. The van der Waals surface area contributed by atoms with Crippen LogP contribution < -0.4 is 0 Å². The minimum absolute atomic E-state index is 0.177. The van der Waals surface area contributed by atoms with Crippen molar-refractivity contribution in [2.24, 2.45) is 0 Å². The molecule has 2 heterocycles. The summed E-state index contributed by atoms with van der Waals surface area (Å²) in [6, 6.07) is 10.7. The molecule has 96 valence electrons. The van der Waals surface area contributed by atoms with E-state index >= 15 is 0 Å². The molecule has 0 aliphatic heterocycles. The van der Waals surface area contributed by atoms with Crippen molar-refractivity contribution in [2.75, 3.05) is 13.6 Å². The van der Waals surface area contributed by atoms with Crippen LogP contribution in [0.25, 0.3) is 0 Å². The second-order valence-corrected chi connectivity index (χ2v) is 4.19. The van der Waals surface area contributed by atoms with Gasteiger partial charge < -0.3 is 9.88 Å². The quantitative estimate of drug-likeness (QED) is 0.900. The van der Waals surface area contributed by atoms with Crippen LogP contribution in [0.4, 0.5) is 0 Å². The summed E-state index contributed by atoms with van der Waals surface area (Å²) in [5.74, 6) is -0.177. The van der Waals surface area contributed by atoms with Crippen LogP contribution in [-0.4, -0.2) is 34.4 Å². The number of hydrogen-bond donors (Lipinski definition) is 1. The predicted molar refractivity (Wildman–Crippen MR) is 70.4 cm³/mol. The summed E-state index contributed by atoms with van der Waals surface area (Å²) in [5, 5.41) is 8.77. The van der Waals surface area contributed by atoms with Crippen LogP contribution in [0.5, 0.6) is 0 Å². The van der Waals surface area contributed by atoms with E-state index in [1.165, 1.54) is 0 Å². The Hall–Kier alpha value is -2.61. The fraction of sp³-hybridized carbons (Fsp3) is 0.214. The first-order valence-corrected chi connectivity index (χ1v) is 5.95. The molecule has 19 heavy (non-hydrogen) atoms. The topological polar surface area (TPSA) is 72.8 Å². The van der Waals surface area contributed by atoms with Gasteiger partial charge in [-0.05, 0) is 24.3 Å². The molecular formula is C14H14N4O. The Labute approximate surface area is 111 Å². The Morgan fingerprint density at radius 1 is 1.42 bits per heavy atom. The average molecular weight is 254 g/mol. The second kappa shape index (κ2) is 5.83. The number of rotatable bonds is 4. The van der Waals surface area contributed by atoms with E-state index < -0.39 is 0 Å². The minimum atomic E-state index is -0.177. The van der Waals surface area contributed by atoms with Gasteiger partial charge in [-0.3, -0.25) is 4.79 Å². The predicted octanol–water partition coefficient (Wildman–Crippen LogP) is 1.60. The Morgan fingerprint density at radius 3 is 2.95 bits per heavy atom. The van der Waals surface area contributed by atoms with Crippen LogP contribution in [-0.2, 0) is 6.42 Å². The summed E-state index contributed by atoms with van der Waals surface area (Å²) in [6.07, 6.45) is 2.61. The maximum Gasteiger partial charge on any atom is 0.272 e. The van der Waals surface area contributed by atoms with Crippen molar-refractivity contribution in [3.63, 3.8) is 0 Å². The number of carbonyl (C=O) groups is 1. The Kier molecular flexibility index (Phi) is 3.94. The summed E-state index contributed by atoms with van der Waals surface area (Å²) >= 11 is 0. The third-order valence-electron chi connectivity index (χ3n) is 2.81. The van der Waals surface area contributed by atoms with Crippen molar-refractivity contribution in [1.82, 2.24) is 14.9 Å². The highest BCUT2D eigenvalue weighted by Crippen LogP contribution is 2.04. The minimum Gasteiger partial charge on any atom is -0.365 e. The first kappa shape index (κ1) is 12.8. The molecule has 0 spiro atoms. The van der Waals surface area contributed by atoms with Crippen LogP contribution in [0.15, 0.2) is 36.5 Å². The van der Waals surface area contributed by atoms with Crippen LogP contribution in [0.1, 0.15) is 21.9 Å². The average Bonchev–Trinajstić information content (AvgIpc) is 2.97. The lowest BCUT2D eigenvalue weighted by atomic mass is 10.2. The van der Waals surface area contributed by atoms with Gasteiger partial charge in [-0.25, -0.2) is 4.98 Å². The van der Waals surface area contributed by atoms with E-state index in [2.05, 4.69) is 9.97 Å². The van der Waals surface area contributed by atoms with E-state index in [1.54, 1.807) is 30.1 Å². The van der Waals surface area contributed by atoms with Crippen LogP contribution >= 0.6 is 0 Å². The van der Waals surface area contributed by atoms with E-state index in [9.17, 15) is 4.79 Å². The fourth-order valence-corrected chi connectivity index (χ4v) is 1.72. The molecule has 2 aromatic rings.